The second-order valence-corrected chi connectivity index (χ2v) is 15.8. The SMILES string of the molecule is CC(C)(C)O[C@H]1CCN2C(=O)[C@@H](CCO[Si](c3ccccc3)(c3ccccc3)C(C)(C)C)[C@H]12. The molecule has 0 radical (unpaired) electrons. The van der Waals surface area contributed by atoms with Crippen molar-refractivity contribution < 1.29 is 14.0 Å². The fourth-order valence-corrected chi connectivity index (χ4v) is 10.4. The first-order valence-electron chi connectivity index (χ1n) is 12.3. The van der Waals surface area contributed by atoms with Crippen LogP contribution in [0.15, 0.2) is 60.7 Å². The lowest BCUT2D eigenvalue weighted by molar-refractivity contribution is -0.164. The third-order valence-corrected chi connectivity index (χ3v) is 12.1. The summed E-state index contributed by atoms with van der Waals surface area (Å²) in [6, 6.07) is 21.6. The van der Waals surface area contributed by atoms with Gasteiger partial charge in [-0.05, 0) is 49.0 Å². The van der Waals surface area contributed by atoms with Crippen LogP contribution in [0.1, 0.15) is 54.4 Å². The minimum absolute atomic E-state index is 0.00179. The molecule has 0 aromatic heterocycles. The number of amides is 1. The molecule has 3 atom stereocenters. The van der Waals surface area contributed by atoms with Crippen LogP contribution in [-0.4, -0.2) is 50.0 Å². The number of benzene rings is 2. The molecule has 4 nitrogen and oxygen atoms in total. The van der Waals surface area contributed by atoms with Crippen LogP contribution in [0, 0.1) is 5.92 Å². The average molecular weight is 466 g/mol. The molecule has 0 saturated carbocycles. The zero-order valence-corrected chi connectivity index (χ0v) is 22.0. The highest BCUT2D eigenvalue weighted by Crippen LogP contribution is 2.41. The summed E-state index contributed by atoms with van der Waals surface area (Å²) in [6.07, 6.45) is 1.80. The molecule has 2 aliphatic rings. The van der Waals surface area contributed by atoms with Crippen molar-refractivity contribution in [3.8, 4) is 0 Å². The highest BCUT2D eigenvalue weighted by Gasteiger charge is 2.56. The predicted octanol–water partition coefficient (Wildman–Crippen LogP) is 4.37. The zero-order valence-electron chi connectivity index (χ0n) is 21.0. The number of carbonyl (C=O) groups excluding carboxylic acids is 1. The molecular weight excluding hydrogens is 426 g/mol. The zero-order chi connectivity index (χ0) is 23.9. The molecule has 2 saturated heterocycles. The third-order valence-electron chi connectivity index (χ3n) is 7.08. The molecule has 4 rings (SSSR count). The highest BCUT2D eigenvalue weighted by molar-refractivity contribution is 6.99. The molecule has 2 aliphatic heterocycles. The van der Waals surface area contributed by atoms with Gasteiger partial charge in [0.05, 0.1) is 23.7 Å². The van der Waals surface area contributed by atoms with Gasteiger partial charge in [0.25, 0.3) is 8.32 Å². The Bertz CT molecular complexity index is 909. The number of rotatable bonds is 7. The van der Waals surface area contributed by atoms with E-state index in [9.17, 15) is 4.79 Å². The number of nitrogens with zero attached hydrogens (tertiary/aromatic N) is 1. The van der Waals surface area contributed by atoms with E-state index < -0.39 is 8.32 Å². The Morgan fingerprint density at radius 1 is 0.909 bits per heavy atom. The van der Waals surface area contributed by atoms with Gasteiger partial charge in [-0.15, -0.1) is 0 Å². The van der Waals surface area contributed by atoms with Gasteiger partial charge in [-0.25, -0.2) is 0 Å². The fraction of sp³-hybridized carbons (Fsp3) is 0.536. The summed E-state index contributed by atoms with van der Waals surface area (Å²) in [6.45, 7) is 14.6. The first kappa shape index (κ1) is 24.2. The van der Waals surface area contributed by atoms with Gasteiger partial charge in [0, 0.05) is 13.2 Å². The number of hydrogen-bond acceptors (Lipinski definition) is 3. The molecule has 0 N–H and O–H groups in total. The third kappa shape index (κ3) is 4.55. The van der Waals surface area contributed by atoms with E-state index in [1.807, 2.05) is 4.90 Å². The topological polar surface area (TPSA) is 38.8 Å². The van der Waals surface area contributed by atoms with Crippen molar-refractivity contribution in [1.82, 2.24) is 4.90 Å². The first-order valence-corrected chi connectivity index (χ1v) is 14.2. The summed E-state index contributed by atoms with van der Waals surface area (Å²) in [5.41, 5.74) is -0.199. The Hall–Kier alpha value is -1.95. The molecule has 33 heavy (non-hydrogen) atoms. The van der Waals surface area contributed by atoms with Gasteiger partial charge in [0.1, 0.15) is 0 Å². The lowest BCUT2D eigenvalue weighted by atomic mass is 9.84. The van der Waals surface area contributed by atoms with Crippen molar-refractivity contribution in [3.63, 3.8) is 0 Å². The van der Waals surface area contributed by atoms with Gasteiger partial charge in [-0.1, -0.05) is 81.4 Å². The van der Waals surface area contributed by atoms with E-state index in [-0.39, 0.29) is 34.6 Å². The van der Waals surface area contributed by atoms with Crippen molar-refractivity contribution in [3.05, 3.63) is 60.7 Å². The summed E-state index contributed by atoms with van der Waals surface area (Å²) in [5, 5.41) is 2.50. The van der Waals surface area contributed by atoms with Crippen molar-refractivity contribution >= 4 is 24.6 Å². The van der Waals surface area contributed by atoms with Crippen molar-refractivity contribution in [2.45, 2.75) is 77.2 Å². The van der Waals surface area contributed by atoms with Crippen molar-refractivity contribution in [2.24, 2.45) is 5.92 Å². The number of fused-ring (bicyclic) bond motifs is 1. The van der Waals surface area contributed by atoms with Crippen LogP contribution in [0.4, 0.5) is 0 Å². The predicted molar refractivity (Wildman–Crippen MR) is 136 cm³/mol. The Morgan fingerprint density at radius 2 is 1.45 bits per heavy atom. The highest BCUT2D eigenvalue weighted by atomic mass is 28.4. The maximum atomic E-state index is 12.9. The summed E-state index contributed by atoms with van der Waals surface area (Å²) in [7, 11) is -2.57. The summed E-state index contributed by atoms with van der Waals surface area (Å²) < 4.78 is 13.4. The van der Waals surface area contributed by atoms with E-state index in [0.29, 0.717) is 6.61 Å². The number of hydrogen-bond donors (Lipinski definition) is 0. The molecular formula is C28H39NO3Si. The standard InChI is InChI=1S/C28H39NO3Si/c1-27(2,3)32-24-17-19-29-25(24)23(26(29)30)18-20-31-33(28(4,5)6,21-13-9-7-10-14-21)22-15-11-8-12-16-22/h7-16,23-25H,17-20H2,1-6H3/t23-,24-,25+/m0/s1. The van der Waals surface area contributed by atoms with Gasteiger partial charge >= 0.3 is 0 Å². The van der Waals surface area contributed by atoms with E-state index in [2.05, 4.69) is 102 Å². The molecule has 2 aromatic carbocycles. The van der Waals surface area contributed by atoms with E-state index in [0.717, 1.165) is 19.4 Å². The summed E-state index contributed by atoms with van der Waals surface area (Å²) in [4.78, 5) is 14.9. The van der Waals surface area contributed by atoms with Crippen LogP contribution in [0.2, 0.25) is 5.04 Å². The molecule has 178 valence electrons. The van der Waals surface area contributed by atoms with Crippen LogP contribution >= 0.6 is 0 Å². The monoisotopic (exact) mass is 465 g/mol. The van der Waals surface area contributed by atoms with Crippen LogP contribution in [-0.2, 0) is 14.0 Å². The summed E-state index contributed by atoms with van der Waals surface area (Å²) >= 11 is 0. The van der Waals surface area contributed by atoms with Crippen molar-refractivity contribution in [2.75, 3.05) is 13.2 Å². The Balaban J connectivity index is 1.57. The molecule has 2 fully saturated rings. The van der Waals surface area contributed by atoms with E-state index >= 15 is 0 Å². The lowest BCUT2D eigenvalue weighted by Crippen LogP contribution is -2.67. The second-order valence-electron chi connectivity index (χ2n) is 11.5. The quantitative estimate of drug-likeness (QED) is 0.450. The maximum Gasteiger partial charge on any atom is 0.261 e. The Labute approximate surface area is 200 Å². The van der Waals surface area contributed by atoms with Gasteiger partial charge in [-0.2, -0.15) is 0 Å². The lowest BCUT2D eigenvalue weighted by Gasteiger charge is -2.47. The van der Waals surface area contributed by atoms with E-state index in [4.69, 9.17) is 9.16 Å². The van der Waals surface area contributed by atoms with Crippen LogP contribution in [0.3, 0.4) is 0 Å². The van der Waals surface area contributed by atoms with Crippen molar-refractivity contribution in [1.29, 1.82) is 0 Å². The smallest absolute Gasteiger partial charge is 0.261 e. The number of β-lactam (4-membered cyclic amide) rings is 1. The largest absolute Gasteiger partial charge is 0.407 e. The maximum absolute atomic E-state index is 12.9. The number of ether oxygens (including phenoxy) is 1. The minimum atomic E-state index is -2.57. The molecule has 5 heteroatoms. The normalized spacial score (nSPS) is 23.4. The van der Waals surface area contributed by atoms with Gasteiger partial charge in [0.15, 0.2) is 0 Å². The molecule has 0 bridgehead atoms. The molecule has 2 heterocycles. The fourth-order valence-electron chi connectivity index (χ4n) is 5.77. The van der Waals surface area contributed by atoms with Gasteiger partial charge in [-0.3, -0.25) is 4.79 Å². The minimum Gasteiger partial charge on any atom is -0.407 e. The van der Waals surface area contributed by atoms with E-state index in [1.54, 1.807) is 0 Å². The van der Waals surface area contributed by atoms with Gasteiger partial charge in [0.2, 0.25) is 5.91 Å². The first-order chi connectivity index (χ1) is 15.5. The van der Waals surface area contributed by atoms with Gasteiger partial charge < -0.3 is 14.1 Å². The Kier molecular flexibility index (Phi) is 6.60. The number of carbonyl (C=O) groups is 1. The molecule has 0 spiro atoms. The average Bonchev–Trinajstić information content (AvgIpc) is 3.11. The summed E-state index contributed by atoms with van der Waals surface area (Å²) in [5.74, 6) is 0.268. The second kappa shape index (κ2) is 9.01. The molecule has 0 aliphatic carbocycles. The molecule has 1 amide bonds. The van der Waals surface area contributed by atoms with Crippen LogP contribution in [0.25, 0.3) is 0 Å². The van der Waals surface area contributed by atoms with Crippen LogP contribution in [0.5, 0.6) is 0 Å². The molecule has 2 aromatic rings. The van der Waals surface area contributed by atoms with E-state index in [1.165, 1.54) is 10.4 Å². The molecule has 0 unspecified atom stereocenters. The van der Waals surface area contributed by atoms with Crippen LogP contribution < -0.4 is 10.4 Å². The Morgan fingerprint density at radius 3 is 1.94 bits per heavy atom.